The van der Waals surface area contributed by atoms with Gasteiger partial charge in [0.2, 0.25) is 5.91 Å². The summed E-state index contributed by atoms with van der Waals surface area (Å²) < 4.78 is 11.1. The summed E-state index contributed by atoms with van der Waals surface area (Å²) in [6.07, 6.45) is 0.329. The number of fused-ring (bicyclic) bond motifs is 1. The summed E-state index contributed by atoms with van der Waals surface area (Å²) in [5, 5.41) is 3.93. The van der Waals surface area contributed by atoms with Crippen molar-refractivity contribution in [3.8, 4) is 11.5 Å². The molecular weight excluding hydrogens is 304 g/mol. The monoisotopic (exact) mass is 324 g/mol. The Morgan fingerprint density at radius 2 is 1.95 bits per heavy atom. The second kappa shape index (κ2) is 6.34. The summed E-state index contributed by atoms with van der Waals surface area (Å²) in [5.41, 5.74) is 0.859. The van der Waals surface area contributed by atoms with Gasteiger partial charge in [-0.15, -0.1) is 0 Å². The van der Waals surface area contributed by atoms with Gasteiger partial charge in [0, 0.05) is 25.2 Å². The van der Waals surface area contributed by atoms with Crippen LogP contribution in [-0.2, 0) is 11.2 Å². The molecule has 0 spiro atoms. The molecule has 2 heterocycles. The van der Waals surface area contributed by atoms with Gasteiger partial charge < -0.3 is 19.7 Å². The lowest BCUT2D eigenvalue weighted by Crippen LogP contribution is -2.56. The van der Waals surface area contributed by atoms with Crippen LogP contribution in [0.3, 0.4) is 0 Å². The number of nitrogens with zero attached hydrogens (tertiary/aromatic N) is 1. The van der Waals surface area contributed by atoms with Crippen molar-refractivity contribution in [3.05, 3.63) is 22.7 Å². The number of piperazine rings is 1. The Morgan fingerprint density at radius 3 is 2.68 bits per heavy atom. The Morgan fingerprint density at radius 1 is 1.27 bits per heavy atom. The average molecular weight is 325 g/mol. The normalized spacial score (nSPS) is 24.2. The maximum absolute atomic E-state index is 12.5. The quantitative estimate of drug-likeness (QED) is 0.902. The van der Waals surface area contributed by atoms with E-state index in [0.717, 1.165) is 18.7 Å². The van der Waals surface area contributed by atoms with Crippen LogP contribution in [0, 0.1) is 0 Å². The van der Waals surface area contributed by atoms with Crippen molar-refractivity contribution >= 4 is 17.5 Å². The molecule has 0 aromatic heterocycles. The molecule has 2 atom stereocenters. The van der Waals surface area contributed by atoms with E-state index in [1.807, 2.05) is 11.0 Å². The number of nitrogens with one attached hydrogen (secondary N) is 1. The van der Waals surface area contributed by atoms with Crippen molar-refractivity contribution < 1.29 is 14.3 Å². The highest BCUT2D eigenvalue weighted by Crippen LogP contribution is 2.38. The Kier molecular flexibility index (Phi) is 4.45. The van der Waals surface area contributed by atoms with Gasteiger partial charge in [-0.25, -0.2) is 0 Å². The highest BCUT2D eigenvalue weighted by Gasteiger charge is 2.25. The van der Waals surface area contributed by atoms with Crippen LogP contribution < -0.4 is 14.8 Å². The molecule has 1 aromatic rings. The Labute approximate surface area is 135 Å². The minimum Gasteiger partial charge on any atom is -0.486 e. The molecule has 1 amide bonds. The first kappa shape index (κ1) is 15.4. The third-order valence-electron chi connectivity index (χ3n) is 3.92. The van der Waals surface area contributed by atoms with E-state index >= 15 is 0 Å². The zero-order chi connectivity index (χ0) is 15.7. The molecule has 0 bridgehead atoms. The maximum Gasteiger partial charge on any atom is 0.227 e. The highest BCUT2D eigenvalue weighted by molar-refractivity contribution is 6.32. The van der Waals surface area contributed by atoms with Crippen LogP contribution in [0.1, 0.15) is 19.4 Å². The molecule has 6 heteroatoms. The van der Waals surface area contributed by atoms with Crippen LogP contribution in [0.25, 0.3) is 0 Å². The minimum absolute atomic E-state index is 0.118. The Balaban J connectivity index is 1.72. The third kappa shape index (κ3) is 3.31. The molecule has 2 aliphatic rings. The van der Waals surface area contributed by atoms with Gasteiger partial charge in [0.05, 0.1) is 11.4 Å². The number of amides is 1. The van der Waals surface area contributed by atoms with Gasteiger partial charge in [-0.2, -0.15) is 0 Å². The van der Waals surface area contributed by atoms with Crippen molar-refractivity contribution in [1.29, 1.82) is 0 Å². The Bertz CT molecular complexity index is 569. The predicted molar refractivity (Wildman–Crippen MR) is 84.8 cm³/mol. The molecule has 5 nitrogen and oxygen atoms in total. The van der Waals surface area contributed by atoms with Gasteiger partial charge in [-0.1, -0.05) is 11.6 Å². The first-order valence-electron chi connectivity index (χ1n) is 7.65. The topological polar surface area (TPSA) is 50.8 Å². The molecule has 0 aliphatic carbocycles. The van der Waals surface area contributed by atoms with Crippen LogP contribution in [0.2, 0.25) is 5.02 Å². The molecule has 120 valence electrons. The lowest BCUT2D eigenvalue weighted by molar-refractivity contribution is -0.132. The van der Waals surface area contributed by atoms with Gasteiger partial charge in [0.15, 0.2) is 11.5 Å². The van der Waals surface area contributed by atoms with Crippen molar-refractivity contribution in [2.45, 2.75) is 32.4 Å². The first-order chi connectivity index (χ1) is 10.5. The Hall–Kier alpha value is -1.46. The minimum atomic E-state index is 0.118. The van der Waals surface area contributed by atoms with Crippen LogP contribution >= 0.6 is 11.6 Å². The second-order valence-electron chi connectivity index (χ2n) is 6.05. The zero-order valence-corrected chi connectivity index (χ0v) is 13.7. The van der Waals surface area contributed by atoms with Crippen LogP contribution in [0.15, 0.2) is 12.1 Å². The molecule has 0 unspecified atom stereocenters. The van der Waals surface area contributed by atoms with Crippen LogP contribution in [0.4, 0.5) is 0 Å². The summed E-state index contributed by atoms with van der Waals surface area (Å²) in [4.78, 5) is 14.4. The van der Waals surface area contributed by atoms with E-state index in [9.17, 15) is 4.79 Å². The highest BCUT2D eigenvalue weighted by atomic mass is 35.5. The molecule has 0 saturated carbocycles. The number of carbonyl (C=O) groups is 1. The molecule has 1 N–H and O–H groups in total. The van der Waals surface area contributed by atoms with E-state index in [1.165, 1.54) is 0 Å². The molecule has 0 radical (unpaired) electrons. The standard InChI is InChI=1S/C16H21ClN2O3/c1-10-8-19(9-11(2)18-10)15(20)7-12-5-13(17)16-14(6-12)21-3-4-22-16/h5-6,10-11,18H,3-4,7-9H2,1-2H3/t10-,11+. The number of ether oxygens (including phenoxy) is 2. The van der Waals surface area contributed by atoms with E-state index in [4.69, 9.17) is 21.1 Å². The van der Waals surface area contributed by atoms with E-state index in [0.29, 0.717) is 48.2 Å². The van der Waals surface area contributed by atoms with Crippen molar-refractivity contribution in [2.75, 3.05) is 26.3 Å². The number of benzene rings is 1. The zero-order valence-electron chi connectivity index (χ0n) is 12.9. The van der Waals surface area contributed by atoms with Gasteiger partial charge in [0.1, 0.15) is 13.2 Å². The summed E-state index contributed by atoms with van der Waals surface area (Å²) in [6, 6.07) is 4.28. The molecule has 2 aliphatic heterocycles. The maximum atomic E-state index is 12.5. The molecule has 1 saturated heterocycles. The summed E-state index contributed by atoms with van der Waals surface area (Å²) >= 11 is 6.22. The van der Waals surface area contributed by atoms with Gasteiger partial charge in [0.25, 0.3) is 0 Å². The lowest BCUT2D eigenvalue weighted by atomic mass is 10.1. The fourth-order valence-corrected chi connectivity index (χ4v) is 3.37. The van der Waals surface area contributed by atoms with Gasteiger partial charge in [-0.05, 0) is 31.5 Å². The number of carbonyl (C=O) groups excluding carboxylic acids is 1. The molecule has 22 heavy (non-hydrogen) atoms. The smallest absolute Gasteiger partial charge is 0.227 e. The second-order valence-corrected chi connectivity index (χ2v) is 6.45. The molecule has 1 aromatic carbocycles. The summed E-state index contributed by atoms with van der Waals surface area (Å²) in [6.45, 7) is 6.67. The third-order valence-corrected chi connectivity index (χ3v) is 4.20. The summed E-state index contributed by atoms with van der Waals surface area (Å²) in [7, 11) is 0. The van der Waals surface area contributed by atoms with E-state index < -0.39 is 0 Å². The van der Waals surface area contributed by atoms with E-state index in [2.05, 4.69) is 19.2 Å². The number of halogens is 1. The van der Waals surface area contributed by atoms with Gasteiger partial charge >= 0.3 is 0 Å². The average Bonchev–Trinajstić information content (AvgIpc) is 2.46. The molecular formula is C16H21ClN2O3. The summed E-state index contributed by atoms with van der Waals surface area (Å²) in [5.74, 6) is 1.32. The first-order valence-corrected chi connectivity index (χ1v) is 8.02. The fourth-order valence-electron chi connectivity index (χ4n) is 3.08. The number of hydrogen-bond acceptors (Lipinski definition) is 4. The van der Waals surface area contributed by atoms with Crippen molar-refractivity contribution in [3.63, 3.8) is 0 Å². The van der Waals surface area contributed by atoms with E-state index in [1.54, 1.807) is 6.07 Å². The SMILES string of the molecule is C[C@@H]1CN(C(=O)Cc2cc(Cl)c3c(c2)OCCO3)C[C@H](C)N1. The van der Waals surface area contributed by atoms with Crippen LogP contribution in [-0.4, -0.2) is 49.2 Å². The largest absolute Gasteiger partial charge is 0.486 e. The fraction of sp³-hybridized carbons (Fsp3) is 0.562. The lowest BCUT2D eigenvalue weighted by Gasteiger charge is -2.36. The number of hydrogen-bond donors (Lipinski definition) is 1. The van der Waals surface area contributed by atoms with E-state index in [-0.39, 0.29) is 5.91 Å². The van der Waals surface area contributed by atoms with Crippen molar-refractivity contribution in [1.82, 2.24) is 10.2 Å². The molecule has 1 fully saturated rings. The predicted octanol–water partition coefficient (Wildman–Crippen LogP) is 1.86. The number of rotatable bonds is 2. The van der Waals surface area contributed by atoms with Gasteiger partial charge in [-0.3, -0.25) is 4.79 Å². The van der Waals surface area contributed by atoms with Crippen LogP contribution in [0.5, 0.6) is 11.5 Å². The molecule has 3 rings (SSSR count). The van der Waals surface area contributed by atoms with Crippen molar-refractivity contribution in [2.24, 2.45) is 0 Å².